The Hall–Kier alpha value is -1.76. The zero-order valence-electron chi connectivity index (χ0n) is 10.7. The molecule has 0 radical (unpaired) electrons. The number of likely N-dealkylation sites (N-methyl/N-ethyl adjacent to an activating group) is 1. The molecule has 0 aliphatic rings. The summed E-state index contributed by atoms with van der Waals surface area (Å²) in [5.74, 6) is 0.232. The number of anilines is 1. The molecule has 1 atom stereocenters. The lowest BCUT2D eigenvalue weighted by Gasteiger charge is -2.14. The van der Waals surface area contributed by atoms with Crippen molar-refractivity contribution in [2.24, 2.45) is 5.73 Å². The second-order valence-corrected chi connectivity index (χ2v) is 4.28. The maximum Gasteiger partial charge on any atom is 0.242 e. The highest BCUT2D eigenvalue weighted by Crippen LogP contribution is 2.06. The van der Waals surface area contributed by atoms with Gasteiger partial charge in [0.2, 0.25) is 11.9 Å². The molecule has 0 aliphatic heterocycles. The molecule has 98 valence electrons. The van der Waals surface area contributed by atoms with E-state index in [1.54, 1.807) is 13.0 Å². The molecule has 1 heterocycles. The van der Waals surface area contributed by atoms with E-state index in [2.05, 4.69) is 20.6 Å². The Morgan fingerprint density at radius 1 is 1.56 bits per heavy atom. The van der Waals surface area contributed by atoms with Gasteiger partial charge in [-0.1, -0.05) is 12.2 Å². The van der Waals surface area contributed by atoms with Crippen molar-refractivity contribution in [1.29, 1.82) is 0 Å². The largest absolute Gasteiger partial charge is 0.388 e. The van der Waals surface area contributed by atoms with Gasteiger partial charge in [0.1, 0.15) is 16.7 Å². The third-order valence-electron chi connectivity index (χ3n) is 2.20. The number of nitrogens with two attached hydrogens (primary N) is 1. The second kappa shape index (κ2) is 6.25. The molecule has 0 aliphatic carbocycles. The van der Waals surface area contributed by atoms with Gasteiger partial charge in [0.15, 0.2) is 0 Å². The zero-order valence-corrected chi connectivity index (χ0v) is 11.5. The third kappa shape index (κ3) is 3.92. The molecule has 4 N–H and O–H groups in total. The van der Waals surface area contributed by atoms with Gasteiger partial charge in [-0.15, -0.1) is 0 Å². The highest BCUT2D eigenvalue weighted by Gasteiger charge is 2.13. The van der Waals surface area contributed by atoms with E-state index in [0.717, 1.165) is 5.69 Å². The molecule has 0 fully saturated rings. The topological polar surface area (TPSA) is 92.9 Å². The summed E-state index contributed by atoms with van der Waals surface area (Å²) in [6.07, 6.45) is 0. The Bertz CT molecular complexity index is 463. The van der Waals surface area contributed by atoms with Crippen LogP contribution in [0.25, 0.3) is 0 Å². The number of aromatic nitrogens is 2. The van der Waals surface area contributed by atoms with Crippen LogP contribution < -0.4 is 16.4 Å². The van der Waals surface area contributed by atoms with Crippen LogP contribution in [-0.4, -0.2) is 33.5 Å². The van der Waals surface area contributed by atoms with E-state index in [9.17, 15) is 4.79 Å². The fraction of sp³-hybridized carbons (Fsp3) is 0.455. The maximum atomic E-state index is 11.6. The Morgan fingerprint density at radius 3 is 2.78 bits per heavy atom. The number of rotatable bonds is 5. The summed E-state index contributed by atoms with van der Waals surface area (Å²) in [5, 5.41) is 5.62. The first-order valence-electron chi connectivity index (χ1n) is 5.63. The van der Waals surface area contributed by atoms with Crippen LogP contribution in [0.3, 0.4) is 0 Å². The Labute approximate surface area is 111 Å². The summed E-state index contributed by atoms with van der Waals surface area (Å²) in [7, 11) is 0. The SMILES string of the molecule is CCNC(=O)C(C)Nc1nc(C)cc(C(N)=S)n1. The second-order valence-electron chi connectivity index (χ2n) is 3.84. The lowest BCUT2D eigenvalue weighted by Crippen LogP contribution is -2.37. The van der Waals surface area contributed by atoms with E-state index in [0.29, 0.717) is 18.2 Å². The summed E-state index contributed by atoms with van der Waals surface area (Å²) < 4.78 is 0. The van der Waals surface area contributed by atoms with Crippen LogP contribution in [0.4, 0.5) is 5.95 Å². The fourth-order valence-corrected chi connectivity index (χ4v) is 1.45. The summed E-state index contributed by atoms with van der Waals surface area (Å²) in [6.45, 7) is 5.99. The molecule has 0 aromatic carbocycles. The fourth-order valence-electron chi connectivity index (χ4n) is 1.35. The Morgan fingerprint density at radius 2 is 2.22 bits per heavy atom. The number of thiocarbonyl (C=S) groups is 1. The van der Waals surface area contributed by atoms with E-state index in [1.165, 1.54) is 0 Å². The van der Waals surface area contributed by atoms with E-state index >= 15 is 0 Å². The van der Waals surface area contributed by atoms with Gasteiger partial charge in [0, 0.05) is 12.2 Å². The lowest BCUT2D eigenvalue weighted by atomic mass is 10.3. The van der Waals surface area contributed by atoms with Crippen molar-refractivity contribution in [3.05, 3.63) is 17.5 Å². The van der Waals surface area contributed by atoms with Gasteiger partial charge < -0.3 is 16.4 Å². The van der Waals surface area contributed by atoms with Crippen LogP contribution in [0.15, 0.2) is 6.07 Å². The maximum absolute atomic E-state index is 11.6. The van der Waals surface area contributed by atoms with Crippen LogP contribution >= 0.6 is 12.2 Å². The average Bonchev–Trinajstić information content (AvgIpc) is 2.28. The summed E-state index contributed by atoms with van der Waals surface area (Å²) in [4.78, 5) is 20.1. The molecule has 0 spiro atoms. The predicted octanol–water partition coefficient (Wildman–Crippen LogP) is 0.356. The minimum atomic E-state index is -0.425. The Kier molecular flexibility index (Phi) is 4.96. The van der Waals surface area contributed by atoms with Gasteiger partial charge in [-0.25, -0.2) is 9.97 Å². The molecule has 18 heavy (non-hydrogen) atoms. The van der Waals surface area contributed by atoms with E-state index in [1.807, 2.05) is 13.8 Å². The van der Waals surface area contributed by atoms with Crippen LogP contribution in [0.1, 0.15) is 25.2 Å². The van der Waals surface area contributed by atoms with Gasteiger partial charge in [0.25, 0.3) is 0 Å². The lowest BCUT2D eigenvalue weighted by molar-refractivity contribution is -0.121. The Balaban J connectivity index is 2.84. The molecular formula is C11H17N5OS. The summed E-state index contributed by atoms with van der Waals surface area (Å²) in [6, 6.07) is 1.27. The average molecular weight is 267 g/mol. The molecule has 0 saturated heterocycles. The van der Waals surface area contributed by atoms with Crippen molar-refractivity contribution in [3.63, 3.8) is 0 Å². The monoisotopic (exact) mass is 267 g/mol. The van der Waals surface area contributed by atoms with Gasteiger partial charge in [-0.3, -0.25) is 4.79 Å². The smallest absolute Gasteiger partial charge is 0.242 e. The number of carbonyl (C=O) groups is 1. The number of hydrogen-bond donors (Lipinski definition) is 3. The third-order valence-corrected chi connectivity index (χ3v) is 2.41. The van der Waals surface area contributed by atoms with Crippen LogP contribution in [0, 0.1) is 6.92 Å². The number of hydrogen-bond acceptors (Lipinski definition) is 5. The molecule has 1 aromatic heterocycles. The molecule has 1 aromatic rings. The molecular weight excluding hydrogens is 250 g/mol. The first-order chi connectivity index (χ1) is 8.43. The van der Waals surface area contributed by atoms with E-state index < -0.39 is 6.04 Å². The van der Waals surface area contributed by atoms with Crippen LogP contribution in [0.5, 0.6) is 0 Å². The highest BCUT2D eigenvalue weighted by molar-refractivity contribution is 7.80. The normalized spacial score (nSPS) is 11.7. The quantitative estimate of drug-likeness (QED) is 0.667. The van der Waals surface area contributed by atoms with E-state index in [4.69, 9.17) is 18.0 Å². The zero-order chi connectivity index (χ0) is 13.7. The van der Waals surface area contributed by atoms with Crippen molar-refractivity contribution >= 4 is 29.1 Å². The molecule has 0 saturated carbocycles. The number of amides is 1. The summed E-state index contributed by atoms with van der Waals surface area (Å²) >= 11 is 4.87. The minimum absolute atomic E-state index is 0.112. The standard InChI is InChI=1S/C11H17N5OS/c1-4-13-10(17)7(3)15-11-14-6(2)5-8(16-11)9(12)18/h5,7H,4H2,1-3H3,(H2,12,18)(H,13,17)(H,14,15,16). The number of nitrogens with one attached hydrogen (secondary N) is 2. The van der Waals surface area contributed by atoms with E-state index in [-0.39, 0.29) is 10.9 Å². The van der Waals surface area contributed by atoms with Crippen molar-refractivity contribution < 1.29 is 4.79 Å². The number of carbonyl (C=O) groups excluding carboxylic acids is 1. The molecule has 7 heteroatoms. The van der Waals surface area contributed by atoms with Crippen molar-refractivity contribution in [2.45, 2.75) is 26.8 Å². The highest BCUT2D eigenvalue weighted by atomic mass is 32.1. The number of aryl methyl sites for hydroxylation is 1. The minimum Gasteiger partial charge on any atom is -0.388 e. The predicted molar refractivity (Wildman–Crippen MR) is 74.4 cm³/mol. The molecule has 6 nitrogen and oxygen atoms in total. The molecule has 1 unspecified atom stereocenters. The van der Waals surface area contributed by atoms with Crippen LogP contribution in [-0.2, 0) is 4.79 Å². The van der Waals surface area contributed by atoms with Crippen molar-refractivity contribution in [1.82, 2.24) is 15.3 Å². The van der Waals surface area contributed by atoms with Gasteiger partial charge in [-0.2, -0.15) is 0 Å². The van der Waals surface area contributed by atoms with Gasteiger partial charge in [-0.05, 0) is 26.8 Å². The number of nitrogens with zero attached hydrogens (tertiary/aromatic N) is 2. The van der Waals surface area contributed by atoms with Gasteiger partial charge in [0.05, 0.1) is 0 Å². The van der Waals surface area contributed by atoms with Gasteiger partial charge >= 0.3 is 0 Å². The summed E-state index contributed by atoms with van der Waals surface area (Å²) in [5.41, 5.74) is 6.75. The van der Waals surface area contributed by atoms with Crippen molar-refractivity contribution in [3.8, 4) is 0 Å². The first-order valence-corrected chi connectivity index (χ1v) is 6.04. The molecule has 1 rings (SSSR count). The van der Waals surface area contributed by atoms with Crippen molar-refractivity contribution in [2.75, 3.05) is 11.9 Å². The van der Waals surface area contributed by atoms with Crippen LogP contribution in [0.2, 0.25) is 0 Å². The molecule has 1 amide bonds. The first kappa shape index (κ1) is 14.3. The molecule has 0 bridgehead atoms.